The molecule has 5 N–H and O–H groups in total. The second-order valence-electron chi connectivity index (χ2n) is 5.61. The minimum absolute atomic E-state index is 0.0373. The fourth-order valence-corrected chi connectivity index (χ4v) is 2.72. The van der Waals surface area contributed by atoms with Crippen LogP contribution in [0.4, 0.5) is 5.69 Å². The highest BCUT2D eigenvalue weighted by Crippen LogP contribution is 2.24. The number of benzene rings is 2. The first kappa shape index (κ1) is 16.4. The molecule has 2 unspecified atom stereocenters. The number of hydrazine groups is 1. The average Bonchev–Trinajstić information content (AvgIpc) is 3.06. The van der Waals surface area contributed by atoms with Crippen molar-refractivity contribution in [1.29, 1.82) is 0 Å². The summed E-state index contributed by atoms with van der Waals surface area (Å²) in [7, 11) is 0. The minimum Gasteiger partial charge on any atom is -0.366 e. The number of hydrogen-bond donors (Lipinski definition) is 4. The van der Waals surface area contributed by atoms with Gasteiger partial charge in [-0.1, -0.05) is 23.7 Å². The second kappa shape index (κ2) is 7.00. The number of primary amides is 1. The van der Waals surface area contributed by atoms with Crippen LogP contribution < -0.4 is 21.9 Å². The topological polar surface area (TPSA) is 96.2 Å². The Balaban J connectivity index is 1.60. The van der Waals surface area contributed by atoms with Gasteiger partial charge in [0.1, 0.15) is 6.04 Å². The Hall–Kier alpha value is -2.41. The predicted octanol–water partition coefficient (Wildman–Crippen LogP) is 1.99. The third kappa shape index (κ3) is 3.73. The predicted molar refractivity (Wildman–Crippen MR) is 92.5 cm³/mol. The molecular weight excluding hydrogens is 328 g/mol. The SMILES string of the molecule is NC(=O)c1ccc(NC(=O)C2CC(c3ccc(Cl)cc3)NN2)cc1. The lowest BCUT2D eigenvalue weighted by Crippen LogP contribution is -2.39. The normalized spacial score (nSPS) is 19.9. The highest BCUT2D eigenvalue weighted by atomic mass is 35.5. The van der Waals surface area contributed by atoms with Crippen LogP contribution in [0, 0.1) is 0 Å². The minimum atomic E-state index is -0.500. The number of nitrogens with two attached hydrogens (primary N) is 1. The molecule has 24 heavy (non-hydrogen) atoms. The molecule has 0 aromatic heterocycles. The highest BCUT2D eigenvalue weighted by molar-refractivity contribution is 6.30. The molecule has 2 atom stereocenters. The van der Waals surface area contributed by atoms with Crippen LogP contribution >= 0.6 is 11.6 Å². The lowest BCUT2D eigenvalue weighted by Gasteiger charge is -2.11. The van der Waals surface area contributed by atoms with Gasteiger partial charge >= 0.3 is 0 Å². The van der Waals surface area contributed by atoms with Gasteiger partial charge in [0, 0.05) is 22.3 Å². The lowest BCUT2D eigenvalue weighted by atomic mass is 10.0. The van der Waals surface area contributed by atoms with Crippen LogP contribution in [0.5, 0.6) is 0 Å². The van der Waals surface area contributed by atoms with Crippen molar-refractivity contribution < 1.29 is 9.59 Å². The van der Waals surface area contributed by atoms with E-state index in [2.05, 4.69) is 16.2 Å². The smallest absolute Gasteiger partial charge is 0.248 e. The Bertz CT molecular complexity index is 746. The molecule has 1 saturated heterocycles. The Morgan fingerprint density at radius 3 is 2.33 bits per heavy atom. The molecule has 2 amide bonds. The summed E-state index contributed by atoms with van der Waals surface area (Å²) in [5.74, 6) is -0.647. The summed E-state index contributed by atoms with van der Waals surface area (Å²) in [5.41, 5.74) is 13.4. The van der Waals surface area contributed by atoms with E-state index in [4.69, 9.17) is 17.3 Å². The summed E-state index contributed by atoms with van der Waals surface area (Å²) < 4.78 is 0. The first-order chi connectivity index (χ1) is 11.5. The zero-order valence-electron chi connectivity index (χ0n) is 12.8. The number of carbonyl (C=O) groups is 2. The molecule has 124 valence electrons. The molecule has 2 aromatic rings. The van der Waals surface area contributed by atoms with E-state index in [-0.39, 0.29) is 18.0 Å². The Morgan fingerprint density at radius 1 is 1.04 bits per heavy atom. The molecule has 3 rings (SSSR count). The van der Waals surface area contributed by atoms with Gasteiger partial charge in [0.15, 0.2) is 0 Å². The third-order valence-electron chi connectivity index (χ3n) is 3.93. The van der Waals surface area contributed by atoms with E-state index in [0.29, 0.717) is 22.7 Å². The van der Waals surface area contributed by atoms with Crippen molar-refractivity contribution in [3.05, 3.63) is 64.7 Å². The van der Waals surface area contributed by atoms with Gasteiger partial charge < -0.3 is 11.1 Å². The molecule has 0 radical (unpaired) electrons. The number of amides is 2. The standard InChI is InChI=1S/C17H17ClN4O2/c18-12-5-1-10(2-6-12)14-9-15(22-21-14)17(24)20-13-7-3-11(4-8-13)16(19)23/h1-8,14-15,21-22H,9H2,(H2,19,23)(H,20,24). The van der Waals surface area contributed by atoms with Crippen LogP contribution in [0.15, 0.2) is 48.5 Å². The molecule has 6 nitrogen and oxygen atoms in total. The van der Waals surface area contributed by atoms with Crippen molar-refractivity contribution in [3.63, 3.8) is 0 Å². The molecule has 2 aromatic carbocycles. The van der Waals surface area contributed by atoms with Gasteiger partial charge in [0.2, 0.25) is 11.8 Å². The van der Waals surface area contributed by atoms with Crippen molar-refractivity contribution >= 4 is 29.1 Å². The molecule has 0 aliphatic carbocycles. The van der Waals surface area contributed by atoms with E-state index in [0.717, 1.165) is 5.56 Å². The number of anilines is 1. The van der Waals surface area contributed by atoms with Crippen LogP contribution in [-0.2, 0) is 4.79 Å². The monoisotopic (exact) mass is 344 g/mol. The molecule has 1 aliphatic rings. The van der Waals surface area contributed by atoms with Crippen molar-refractivity contribution in [1.82, 2.24) is 10.9 Å². The number of nitrogens with one attached hydrogen (secondary N) is 3. The van der Waals surface area contributed by atoms with E-state index in [1.807, 2.05) is 24.3 Å². The number of halogens is 1. The summed E-state index contributed by atoms with van der Waals surface area (Å²) in [4.78, 5) is 23.4. The maximum Gasteiger partial charge on any atom is 0.248 e. The fraction of sp³-hybridized carbons (Fsp3) is 0.176. The highest BCUT2D eigenvalue weighted by Gasteiger charge is 2.30. The van der Waals surface area contributed by atoms with Gasteiger partial charge in [0.25, 0.3) is 0 Å². The lowest BCUT2D eigenvalue weighted by molar-refractivity contribution is -0.117. The van der Waals surface area contributed by atoms with Crippen molar-refractivity contribution in [2.75, 3.05) is 5.32 Å². The van der Waals surface area contributed by atoms with Crippen molar-refractivity contribution in [3.8, 4) is 0 Å². The maximum atomic E-state index is 12.3. The molecule has 0 spiro atoms. The van der Waals surface area contributed by atoms with Gasteiger partial charge in [-0.2, -0.15) is 0 Å². The Labute approximate surface area is 144 Å². The van der Waals surface area contributed by atoms with Gasteiger partial charge in [0.05, 0.1) is 0 Å². The largest absolute Gasteiger partial charge is 0.366 e. The zero-order chi connectivity index (χ0) is 17.1. The molecule has 0 saturated carbocycles. The quantitative estimate of drug-likeness (QED) is 0.682. The molecule has 1 heterocycles. The maximum absolute atomic E-state index is 12.3. The molecule has 1 fully saturated rings. The molecule has 7 heteroatoms. The van der Waals surface area contributed by atoms with Gasteiger partial charge in [-0.05, 0) is 48.4 Å². The fourth-order valence-electron chi connectivity index (χ4n) is 2.59. The summed E-state index contributed by atoms with van der Waals surface area (Å²) >= 11 is 5.89. The van der Waals surface area contributed by atoms with Crippen LogP contribution in [0.1, 0.15) is 28.4 Å². The molecular formula is C17H17ClN4O2. The van der Waals surface area contributed by atoms with Gasteiger partial charge in [-0.15, -0.1) is 0 Å². The van der Waals surface area contributed by atoms with E-state index < -0.39 is 5.91 Å². The van der Waals surface area contributed by atoms with Crippen LogP contribution in [0.25, 0.3) is 0 Å². The Kier molecular flexibility index (Phi) is 4.80. The summed E-state index contributed by atoms with van der Waals surface area (Å²) in [6.07, 6.45) is 0.618. The second-order valence-corrected chi connectivity index (χ2v) is 6.05. The Morgan fingerprint density at radius 2 is 1.71 bits per heavy atom. The summed E-state index contributed by atoms with van der Waals surface area (Å²) in [6, 6.07) is 13.7. The number of carbonyl (C=O) groups excluding carboxylic acids is 2. The number of hydrogen-bond acceptors (Lipinski definition) is 4. The first-order valence-electron chi connectivity index (χ1n) is 7.50. The van der Waals surface area contributed by atoms with E-state index >= 15 is 0 Å². The molecule has 0 bridgehead atoms. The first-order valence-corrected chi connectivity index (χ1v) is 7.88. The average molecular weight is 345 g/mol. The van der Waals surface area contributed by atoms with Crippen LogP contribution in [0.2, 0.25) is 5.02 Å². The van der Waals surface area contributed by atoms with E-state index in [1.165, 1.54) is 0 Å². The summed E-state index contributed by atoms with van der Waals surface area (Å²) in [6.45, 7) is 0. The van der Waals surface area contributed by atoms with E-state index in [1.54, 1.807) is 24.3 Å². The van der Waals surface area contributed by atoms with Crippen molar-refractivity contribution in [2.24, 2.45) is 5.73 Å². The number of rotatable bonds is 4. The van der Waals surface area contributed by atoms with Crippen LogP contribution in [0.3, 0.4) is 0 Å². The summed E-state index contributed by atoms with van der Waals surface area (Å²) in [5, 5.41) is 3.50. The van der Waals surface area contributed by atoms with Crippen molar-refractivity contribution in [2.45, 2.75) is 18.5 Å². The third-order valence-corrected chi connectivity index (χ3v) is 4.18. The molecule has 1 aliphatic heterocycles. The zero-order valence-corrected chi connectivity index (χ0v) is 13.5. The van der Waals surface area contributed by atoms with E-state index in [9.17, 15) is 9.59 Å². The van der Waals surface area contributed by atoms with Gasteiger partial charge in [-0.3, -0.25) is 9.59 Å². The van der Waals surface area contributed by atoms with Gasteiger partial charge in [-0.25, -0.2) is 10.9 Å². The van der Waals surface area contributed by atoms with Crippen LogP contribution in [-0.4, -0.2) is 17.9 Å².